The number of nitrogens with one attached hydrogen (secondary N) is 2. The molecular weight excluding hydrogens is 368 g/mol. The van der Waals surface area contributed by atoms with Crippen molar-refractivity contribution in [3.05, 3.63) is 58.8 Å². The third kappa shape index (κ3) is 3.97. The van der Waals surface area contributed by atoms with Crippen LogP contribution in [0.5, 0.6) is 5.75 Å². The molecule has 0 saturated heterocycles. The third-order valence-corrected chi connectivity index (χ3v) is 5.30. The van der Waals surface area contributed by atoms with Crippen LogP contribution in [0, 0.1) is 6.92 Å². The molecule has 2 N–H and O–H groups in total. The number of ether oxygens (including phenoxy) is 2. The molecule has 1 aromatic heterocycles. The van der Waals surface area contributed by atoms with E-state index >= 15 is 0 Å². The Morgan fingerprint density at radius 2 is 1.93 bits per heavy atom. The second-order valence-corrected chi connectivity index (χ2v) is 7.38. The van der Waals surface area contributed by atoms with Gasteiger partial charge in [0.2, 0.25) is 0 Å². The minimum Gasteiger partial charge on any atom is -0.495 e. The van der Waals surface area contributed by atoms with Gasteiger partial charge in [-0.05, 0) is 74.1 Å². The summed E-state index contributed by atoms with van der Waals surface area (Å²) in [6.07, 6.45) is 4.42. The largest absolute Gasteiger partial charge is 0.495 e. The molecule has 0 spiro atoms. The van der Waals surface area contributed by atoms with E-state index in [1.165, 1.54) is 24.8 Å². The molecule has 4 rings (SSSR count). The molecule has 3 aromatic rings. The minimum absolute atomic E-state index is 0.362. The van der Waals surface area contributed by atoms with Gasteiger partial charge in [0.15, 0.2) is 6.61 Å². The number of aromatic amines is 1. The van der Waals surface area contributed by atoms with Crippen LogP contribution in [0.4, 0.5) is 5.69 Å². The quantitative estimate of drug-likeness (QED) is 0.639. The second-order valence-electron chi connectivity index (χ2n) is 7.38. The van der Waals surface area contributed by atoms with Crippen molar-refractivity contribution in [2.24, 2.45) is 0 Å². The Labute approximate surface area is 169 Å². The zero-order valence-electron chi connectivity index (χ0n) is 16.6. The van der Waals surface area contributed by atoms with Crippen LogP contribution in [-0.4, -0.2) is 30.6 Å². The Balaban J connectivity index is 1.43. The molecule has 6 heteroatoms. The van der Waals surface area contributed by atoms with Crippen LogP contribution in [0.15, 0.2) is 36.4 Å². The fourth-order valence-corrected chi connectivity index (χ4v) is 3.85. The number of anilines is 1. The highest BCUT2D eigenvalue weighted by Gasteiger charge is 2.18. The topological polar surface area (TPSA) is 80.4 Å². The number of hydrogen-bond acceptors (Lipinski definition) is 4. The lowest BCUT2D eigenvalue weighted by atomic mass is 9.95. The van der Waals surface area contributed by atoms with Crippen molar-refractivity contribution in [2.45, 2.75) is 32.6 Å². The van der Waals surface area contributed by atoms with Crippen molar-refractivity contribution in [1.29, 1.82) is 0 Å². The van der Waals surface area contributed by atoms with Gasteiger partial charge in [0, 0.05) is 16.6 Å². The van der Waals surface area contributed by atoms with Crippen molar-refractivity contribution in [3.8, 4) is 5.75 Å². The molecule has 150 valence electrons. The summed E-state index contributed by atoms with van der Waals surface area (Å²) in [6, 6.07) is 11.0. The van der Waals surface area contributed by atoms with Crippen LogP contribution in [0.3, 0.4) is 0 Å². The first-order valence-corrected chi connectivity index (χ1v) is 9.80. The molecule has 1 heterocycles. The Kier molecular flexibility index (Phi) is 5.25. The van der Waals surface area contributed by atoms with E-state index in [1.807, 2.05) is 31.2 Å². The van der Waals surface area contributed by atoms with Gasteiger partial charge in [-0.1, -0.05) is 6.07 Å². The first kappa shape index (κ1) is 19.1. The Morgan fingerprint density at radius 3 is 2.76 bits per heavy atom. The molecule has 1 aliphatic rings. The number of methoxy groups -OCH3 is 1. The van der Waals surface area contributed by atoms with Gasteiger partial charge >= 0.3 is 5.97 Å². The highest BCUT2D eigenvalue weighted by molar-refractivity contribution is 5.99. The predicted octanol–water partition coefficient (Wildman–Crippen LogP) is 4.16. The number of H-pyrrole nitrogens is 1. The number of aromatic nitrogens is 1. The van der Waals surface area contributed by atoms with Gasteiger partial charge in [-0.2, -0.15) is 0 Å². The molecular formula is C23H24N2O4. The normalized spacial score (nSPS) is 13.0. The molecule has 29 heavy (non-hydrogen) atoms. The highest BCUT2D eigenvalue weighted by atomic mass is 16.5. The SMILES string of the molecule is COc1ccc(C)cc1NC(=O)COC(=O)c1ccc2[nH]c3c(c2c1)CCCC3. The summed E-state index contributed by atoms with van der Waals surface area (Å²) in [4.78, 5) is 28.2. The van der Waals surface area contributed by atoms with Crippen LogP contribution >= 0.6 is 0 Å². The number of carbonyl (C=O) groups excluding carboxylic acids is 2. The number of benzene rings is 2. The van der Waals surface area contributed by atoms with Crippen molar-refractivity contribution >= 4 is 28.5 Å². The van der Waals surface area contributed by atoms with Crippen LogP contribution in [0.1, 0.15) is 40.0 Å². The summed E-state index contributed by atoms with van der Waals surface area (Å²) < 4.78 is 10.5. The zero-order valence-corrected chi connectivity index (χ0v) is 16.6. The maximum absolute atomic E-state index is 12.5. The molecule has 0 atom stereocenters. The van der Waals surface area contributed by atoms with Gasteiger partial charge in [0.05, 0.1) is 18.4 Å². The molecule has 0 saturated carbocycles. The second kappa shape index (κ2) is 7.99. The summed E-state index contributed by atoms with van der Waals surface area (Å²) in [6.45, 7) is 1.56. The number of amides is 1. The van der Waals surface area contributed by atoms with Crippen LogP contribution in [0.2, 0.25) is 0 Å². The van der Waals surface area contributed by atoms with Crippen LogP contribution in [-0.2, 0) is 22.4 Å². The highest BCUT2D eigenvalue weighted by Crippen LogP contribution is 2.30. The number of carbonyl (C=O) groups is 2. The number of aryl methyl sites for hydroxylation is 3. The Hall–Kier alpha value is -3.28. The fraction of sp³-hybridized carbons (Fsp3) is 0.304. The summed E-state index contributed by atoms with van der Waals surface area (Å²) in [5, 5.41) is 3.80. The summed E-state index contributed by atoms with van der Waals surface area (Å²) in [5.74, 6) is -0.371. The van der Waals surface area contributed by atoms with Crippen molar-refractivity contribution < 1.29 is 19.1 Å². The van der Waals surface area contributed by atoms with E-state index in [9.17, 15) is 9.59 Å². The monoisotopic (exact) mass is 392 g/mol. The van der Waals surface area contributed by atoms with E-state index in [1.54, 1.807) is 12.1 Å². The summed E-state index contributed by atoms with van der Waals surface area (Å²) in [5.41, 5.74) is 5.59. The van der Waals surface area contributed by atoms with Gasteiger partial charge in [-0.25, -0.2) is 4.79 Å². The number of rotatable bonds is 5. The number of hydrogen-bond donors (Lipinski definition) is 2. The third-order valence-electron chi connectivity index (χ3n) is 5.30. The molecule has 0 radical (unpaired) electrons. The lowest BCUT2D eigenvalue weighted by Gasteiger charge is -2.11. The van der Waals surface area contributed by atoms with Crippen LogP contribution < -0.4 is 10.1 Å². The van der Waals surface area contributed by atoms with E-state index in [-0.39, 0.29) is 6.61 Å². The molecule has 1 amide bonds. The van der Waals surface area contributed by atoms with Crippen LogP contribution in [0.25, 0.3) is 10.9 Å². The Bertz CT molecular complexity index is 1080. The molecule has 2 aromatic carbocycles. The molecule has 0 bridgehead atoms. The first-order valence-electron chi connectivity index (χ1n) is 9.80. The average Bonchev–Trinajstić information content (AvgIpc) is 3.10. The molecule has 6 nitrogen and oxygen atoms in total. The van der Waals surface area contributed by atoms with Gasteiger partial charge < -0.3 is 19.8 Å². The van der Waals surface area contributed by atoms with E-state index in [2.05, 4.69) is 10.3 Å². The number of fused-ring (bicyclic) bond motifs is 3. The lowest BCUT2D eigenvalue weighted by molar-refractivity contribution is -0.119. The minimum atomic E-state index is -0.510. The maximum atomic E-state index is 12.5. The summed E-state index contributed by atoms with van der Waals surface area (Å²) in [7, 11) is 1.54. The van der Waals surface area contributed by atoms with Gasteiger partial charge in [0.25, 0.3) is 5.91 Å². The van der Waals surface area contributed by atoms with E-state index in [0.29, 0.717) is 17.0 Å². The van der Waals surface area contributed by atoms with E-state index < -0.39 is 11.9 Å². The first-order chi connectivity index (χ1) is 14.0. The Morgan fingerprint density at radius 1 is 1.10 bits per heavy atom. The standard InChI is InChI=1S/C23H24N2O4/c1-14-7-10-21(28-2)20(11-14)25-22(26)13-29-23(27)15-8-9-19-17(12-15)16-5-3-4-6-18(16)24-19/h7-12,24H,3-6,13H2,1-2H3,(H,25,26). The smallest absolute Gasteiger partial charge is 0.338 e. The van der Waals surface area contributed by atoms with Crippen molar-refractivity contribution in [3.63, 3.8) is 0 Å². The van der Waals surface area contributed by atoms with Gasteiger partial charge in [0.1, 0.15) is 5.75 Å². The molecule has 0 fully saturated rings. The zero-order chi connectivity index (χ0) is 20.4. The lowest BCUT2D eigenvalue weighted by Crippen LogP contribution is -2.21. The molecule has 1 aliphatic carbocycles. The van der Waals surface area contributed by atoms with Gasteiger partial charge in [-0.15, -0.1) is 0 Å². The van der Waals surface area contributed by atoms with E-state index in [0.717, 1.165) is 35.7 Å². The summed E-state index contributed by atoms with van der Waals surface area (Å²) >= 11 is 0. The molecule has 0 unspecified atom stereocenters. The van der Waals surface area contributed by atoms with Gasteiger partial charge in [-0.3, -0.25) is 4.79 Å². The van der Waals surface area contributed by atoms with Crippen molar-refractivity contribution in [1.82, 2.24) is 4.98 Å². The maximum Gasteiger partial charge on any atom is 0.338 e. The predicted molar refractivity (Wildman–Crippen MR) is 112 cm³/mol. The molecule has 0 aliphatic heterocycles. The fourth-order valence-electron chi connectivity index (χ4n) is 3.85. The average molecular weight is 392 g/mol. The van der Waals surface area contributed by atoms with E-state index in [4.69, 9.17) is 9.47 Å². The van der Waals surface area contributed by atoms with Crippen molar-refractivity contribution in [2.75, 3.05) is 19.0 Å². The number of esters is 1.